The Bertz CT molecular complexity index is 562. The lowest BCUT2D eigenvalue weighted by Gasteiger charge is -2.04. The van der Waals surface area contributed by atoms with Gasteiger partial charge in [-0.3, -0.25) is 4.79 Å². The highest BCUT2D eigenvalue weighted by atomic mass is 16.4. The van der Waals surface area contributed by atoms with E-state index >= 15 is 0 Å². The lowest BCUT2D eigenvalue weighted by molar-refractivity contribution is -0.138. The number of carboxylic acids is 1. The summed E-state index contributed by atoms with van der Waals surface area (Å²) in [6, 6.07) is 6.80. The van der Waals surface area contributed by atoms with E-state index in [1.165, 1.54) is 0 Å². The predicted octanol–water partition coefficient (Wildman–Crippen LogP) is 0.588. The maximum atomic E-state index is 10.8. The van der Waals surface area contributed by atoms with E-state index in [1.807, 2.05) is 35.0 Å². The molecule has 0 aliphatic heterocycles. The summed E-state index contributed by atoms with van der Waals surface area (Å²) in [6.07, 6.45) is 2.15. The highest BCUT2D eigenvalue weighted by Crippen LogP contribution is 2.22. The van der Waals surface area contributed by atoms with Crippen LogP contribution in [0.3, 0.4) is 0 Å². The molecule has 5 nitrogen and oxygen atoms in total. The Morgan fingerprint density at radius 1 is 1.39 bits per heavy atom. The van der Waals surface area contributed by atoms with Gasteiger partial charge >= 0.3 is 5.97 Å². The van der Waals surface area contributed by atoms with Crippen molar-refractivity contribution in [3.8, 4) is 0 Å². The smallest absolute Gasteiger partial charge is 0.320 e. The van der Waals surface area contributed by atoms with E-state index in [-0.39, 0.29) is 13.0 Å². The average molecular weight is 248 g/mol. The zero-order valence-corrected chi connectivity index (χ0v) is 9.91. The SMILES string of the molecule is N[C@@H](Cc1cn(CCO)c2ccccc12)C(=O)O. The molecule has 0 aliphatic rings. The van der Waals surface area contributed by atoms with Crippen LogP contribution in [0.15, 0.2) is 30.5 Å². The minimum absolute atomic E-state index is 0.0447. The second kappa shape index (κ2) is 5.20. The van der Waals surface area contributed by atoms with Crippen molar-refractivity contribution >= 4 is 16.9 Å². The average Bonchev–Trinajstić information content (AvgIpc) is 2.69. The Morgan fingerprint density at radius 3 is 2.78 bits per heavy atom. The van der Waals surface area contributed by atoms with Crippen LogP contribution < -0.4 is 5.73 Å². The van der Waals surface area contributed by atoms with E-state index in [2.05, 4.69) is 0 Å². The number of aliphatic hydroxyl groups is 1. The first-order valence-corrected chi connectivity index (χ1v) is 5.79. The van der Waals surface area contributed by atoms with E-state index in [1.54, 1.807) is 0 Å². The third kappa shape index (κ3) is 2.37. The lowest BCUT2D eigenvalue weighted by atomic mass is 10.1. The number of nitrogens with zero attached hydrogens (tertiary/aromatic N) is 1. The van der Waals surface area contributed by atoms with Crippen molar-refractivity contribution in [1.82, 2.24) is 4.57 Å². The quantitative estimate of drug-likeness (QED) is 0.722. The third-order valence-corrected chi connectivity index (χ3v) is 2.97. The van der Waals surface area contributed by atoms with Crippen molar-refractivity contribution < 1.29 is 15.0 Å². The number of aromatic nitrogens is 1. The Balaban J connectivity index is 2.41. The van der Waals surface area contributed by atoms with Crippen LogP contribution in [0.5, 0.6) is 0 Å². The number of carbonyl (C=O) groups is 1. The maximum absolute atomic E-state index is 10.8. The van der Waals surface area contributed by atoms with Gasteiger partial charge in [-0.25, -0.2) is 0 Å². The predicted molar refractivity (Wildman–Crippen MR) is 68.3 cm³/mol. The summed E-state index contributed by atoms with van der Waals surface area (Å²) in [5.74, 6) is -1.01. The fourth-order valence-electron chi connectivity index (χ4n) is 2.10. The van der Waals surface area contributed by atoms with Gasteiger partial charge in [0, 0.05) is 30.1 Å². The van der Waals surface area contributed by atoms with E-state index in [4.69, 9.17) is 15.9 Å². The number of fused-ring (bicyclic) bond motifs is 1. The molecule has 0 saturated carbocycles. The molecular weight excluding hydrogens is 232 g/mol. The van der Waals surface area contributed by atoms with Crippen molar-refractivity contribution in [3.05, 3.63) is 36.0 Å². The van der Waals surface area contributed by atoms with Gasteiger partial charge in [0.05, 0.1) is 6.61 Å². The van der Waals surface area contributed by atoms with Gasteiger partial charge in [-0.05, 0) is 11.6 Å². The van der Waals surface area contributed by atoms with Gasteiger partial charge in [-0.1, -0.05) is 18.2 Å². The number of hydrogen-bond acceptors (Lipinski definition) is 3. The van der Waals surface area contributed by atoms with Gasteiger partial charge in [-0.15, -0.1) is 0 Å². The molecule has 0 aliphatic carbocycles. The molecule has 0 fully saturated rings. The lowest BCUT2D eigenvalue weighted by Crippen LogP contribution is -2.32. The first-order chi connectivity index (χ1) is 8.63. The molecule has 2 aromatic rings. The van der Waals surface area contributed by atoms with Crippen molar-refractivity contribution in [1.29, 1.82) is 0 Å². The Kier molecular flexibility index (Phi) is 3.64. The van der Waals surface area contributed by atoms with Crippen LogP contribution in [-0.4, -0.2) is 33.4 Å². The maximum Gasteiger partial charge on any atom is 0.320 e. The molecule has 0 unspecified atom stereocenters. The Labute approximate surface area is 104 Å². The van der Waals surface area contributed by atoms with Gasteiger partial charge in [0.15, 0.2) is 0 Å². The monoisotopic (exact) mass is 248 g/mol. The van der Waals surface area contributed by atoms with E-state index in [0.717, 1.165) is 16.5 Å². The second-order valence-corrected chi connectivity index (χ2v) is 4.24. The highest BCUT2D eigenvalue weighted by molar-refractivity contribution is 5.85. The molecule has 5 heteroatoms. The van der Waals surface area contributed by atoms with E-state index in [0.29, 0.717) is 6.54 Å². The first kappa shape index (κ1) is 12.6. The fraction of sp³-hybridized carbons (Fsp3) is 0.308. The third-order valence-electron chi connectivity index (χ3n) is 2.97. The fourth-order valence-corrected chi connectivity index (χ4v) is 2.10. The van der Waals surface area contributed by atoms with Crippen LogP contribution >= 0.6 is 0 Å². The van der Waals surface area contributed by atoms with Gasteiger partial charge in [-0.2, -0.15) is 0 Å². The van der Waals surface area contributed by atoms with Gasteiger partial charge in [0.1, 0.15) is 6.04 Å². The van der Waals surface area contributed by atoms with Crippen LogP contribution in [0.1, 0.15) is 5.56 Å². The van der Waals surface area contributed by atoms with Crippen LogP contribution in [0, 0.1) is 0 Å². The summed E-state index contributed by atoms with van der Waals surface area (Å²) in [5.41, 5.74) is 7.45. The number of para-hydroxylation sites is 1. The summed E-state index contributed by atoms with van der Waals surface area (Å²) in [7, 11) is 0. The number of aliphatic hydroxyl groups excluding tert-OH is 1. The molecule has 4 N–H and O–H groups in total. The van der Waals surface area contributed by atoms with E-state index < -0.39 is 12.0 Å². The second-order valence-electron chi connectivity index (χ2n) is 4.24. The molecule has 2 rings (SSSR count). The summed E-state index contributed by atoms with van der Waals surface area (Å²) in [4.78, 5) is 10.8. The first-order valence-electron chi connectivity index (χ1n) is 5.79. The van der Waals surface area contributed by atoms with Gasteiger partial charge in [0.2, 0.25) is 0 Å². The molecular formula is C13H16N2O3. The number of benzene rings is 1. The minimum Gasteiger partial charge on any atom is -0.480 e. The molecule has 1 atom stereocenters. The molecule has 0 amide bonds. The topological polar surface area (TPSA) is 88.5 Å². The van der Waals surface area contributed by atoms with Gasteiger partial charge < -0.3 is 20.5 Å². The van der Waals surface area contributed by atoms with Crippen molar-refractivity contribution in [3.63, 3.8) is 0 Å². The molecule has 18 heavy (non-hydrogen) atoms. The summed E-state index contributed by atoms with van der Waals surface area (Å²) >= 11 is 0. The molecule has 0 bridgehead atoms. The Hall–Kier alpha value is -1.85. The van der Waals surface area contributed by atoms with Crippen LogP contribution in [0.4, 0.5) is 0 Å². The minimum atomic E-state index is -1.01. The molecule has 1 aromatic carbocycles. The number of carboxylic acid groups (broad SMARTS) is 1. The number of aliphatic carboxylic acids is 1. The van der Waals surface area contributed by atoms with Crippen molar-refractivity contribution in [2.45, 2.75) is 19.0 Å². The molecule has 1 aromatic heterocycles. The number of rotatable bonds is 5. The van der Waals surface area contributed by atoms with Crippen LogP contribution in [0.25, 0.3) is 10.9 Å². The molecule has 1 heterocycles. The molecule has 96 valence electrons. The van der Waals surface area contributed by atoms with Crippen LogP contribution in [0.2, 0.25) is 0 Å². The zero-order chi connectivity index (χ0) is 13.1. The van der Waals surface area contributed by atoms with Crippen molar-refractivity contribution in [2.75, 3.05) is 6.61 Å². The summed E-state index contributed by atoms with van der Waals surface area (Å²) in [5, 5.41) is 18.9. The van der Waals surface area contributed by atoms with Crippen molar-refractivity contribution in [2.24, 2.45) is 5.73 Å². The number of hydrogen-bond donors (Lipinski definition) is 3. The standard InChI is InChI=1S/C13H16N2O3/c14-11(13(17)18)7-9-8-15(5-6-16)12-4-2-1-3-10(9)12/h1-4,8,11,16H,5-7,14H2,(H,17,18)/t11-/m0/s1. The zero-order valence-electron chi connectivity index (χ0n) is 9.91. The van der Waals surface area contributed by atoms with E-state index in [9.17, 15) is 4.79 Å². The van der Waals surface area contributed by atoms with Crippen LogP contribution in [-0.2, 0) is 17.8 Å². The molecule has 0 radical (unpaired) electrons. The number of nitrogens with two attached hydrogens (primary N) is 1. The Morgan fingerprint density at radius 2 is 2.11 bits per heavy atom. The largest absolute Gasteiger partial charge is 0.480 e. The molecule has 0 spiro atoms. The summed E-state index contributed by atoms with van der Waals surface area (Å²) in [6.45, 7) is 0.534. The van der Waals surface area contributed by atoms with Gasteiger partial charge in [0.25, 0.3) is 0 Å². The highest BCUT2D eigenvalue weighted by Gasteiger charge is 2.16. The summed E-state index contributed by atoms with van der Waals surface area (Å²) < 4.78 is 1.92. The molecule has 0 saturated heterocycles. The normalized spacial score (nSPS) is 12.8.